The number of fused-ring (bicyclic) bond motifs is 2. The number of hydrogen-bond acceptors (Lipinski definition) is 2. The standard InChI is InChI=1S/C27H26N2O2/c1-29-23-17-8-7-15-22(23)25(30)24(21-16-9-13-18-10-5-6-14-20(18)21)26(29)28-27(31)19-11-3-2-4-12-19/h5-10,13-17,19H,2-4,11-12H2,1H3,(H,28,31). The Morgan fingerprint density at radius 1 is 0.871 bits per heavy atom. The number of anilines is 1. The van der Waals surface area contributed by atoms with Crippen molar-refractivity contribution in [3.63, 3.8) is 0 Å². The number of pyridine rings is 1. The van der Waals surface area contributed by atoms with Gasteiger partial charge in [-0.05, 0) is 41.3 Å². The molecule has 0 spiro atoms. The summed E-state index contributed by atoms with van der Waals surface area (Å²) in [4.78, 5) is 26.9. The summed E-state index contributed by atoms with van der Waals surface area (Å²) in [5.74, 6) is 0.609. The number of nitrogens with one attached hydrogen (secondary N) is 1. The second kappa shape index (κ2) is 8.03. The zero-order valence-corrected chi connectivity index (χ0v) is 17.7. The van der Waals surface area contributed by atoms with Crippen LogP contribution in [0.4, 0.5) is 5.82 Å². The van der Waals surface area contributed by atoms with Gasteiger partial charge in [0.1, 0.15) is 5.82 Å². The van der Waals surface area contributed by atoms with E-state index in [4.69, 9.17) is 0 Å². The van der Waals surface area contributed by atoms with Crippen LogP contribution in [0.5, 0.6) is 0 Å². The van der Waals surface area contributed by atoms with Crippen molar-refractivity contribution in [2.45, 2.75) is 32.1 Å². The van der Waals surface area contributed by atoms with Crippen LogP contribution < -0.4 is 10.7 Å². The summed E-state index contributed by atoms with van der Waals surface area (Å²) in [5, 5.41) is 5.90. The first-order valence-electron chi connectivity index (χ1n) is 11.1. The molecule has 0 aliphatic heterocycles. The second-order valence-corrected chi connectivity index (χ2v) is 8.48. The lowest BCUT2D eigenvalue weighted by atomic mass is 9.88. The number of hydrogen-bond donors (Lipinski definition) is 1. The fourth-order valence-electron chi connectivity index (χ4n) is 4.91. The molecule has 156 valence electrons. The molecule has 4 nitrogen and oxygen atoms in total. The van der Waals surface area contributed by atoms with E-state index in [0.717, 1.165) is 47.5 Å². The summed E-state index contributed by atoms with van der Waals surface area (Å²) in [6.07, 6.45) is 5.20. The predicted octanol–water partition coefficient (Wildman–Crippen LogP) is 5.88. The van der Waals surface area contributed by atoms with Gasteiger partial charge in [-0.3, -0.25) is 9.59 Å². The number of aryl methyl sites for hydroxylation is 1. The molecule has 0 atom stereocenters. The van der Waals surface area contributed by atoms with Crippen molar-refractivity contribution in [3.8, 4) is 11.1 Å². The predicted molar refractivity (Wildman–Crippen MR) is 127 cm³/mol. The summed E-state index contributed by atoms with van der Waals surface area (Å²) in [5.41, 5.74) is 2.17. The number of para-hydroxylation sites is 1. The summed E-state index contributed by atoms with van der Waals surface area (Å²) in [6, 6.07) is 21.7. The molecule has 1 saturated carbocycles. The number of carbonyl (C=O) groups excluding carboxylic acids is 1. The van der Waals surface area contributed by atoms with Gasteiger partial charge >= 0.3 is 0 Å². The van der Waals surface area contributed by atoms with Gasteiger partial charge in [0.25, 0.3) is 0 Å². The first kappa shape index (κ1) is 19.6. The molecule has 0 saturated heterocycles. The van der Waals surface area contributed by atoms with Gasteiger partial charge in [0.2, 0.25) is 5.91 Å². The topological polar surface area (TPSA) is 51.1 Å². The van der Waals surface area contributed by atoms with Crippen LogP contribution in [0, 0.1) is 5.92 Å². The van der Waals surface area contributed by atoms with Crippen LogP contribution in [0.2, 0.25) is 0 Å². The molecule has 0 radical (unpaired) electrons. The Kier molecular flexibility index (Phi) is 5.06. The van der Waals surface area contributed by atoms with Gasteiger partial charge in [-0.1, -0.05) is 73.9 Å². The van der Waals surface area contributed by atoms with E-state index < -0.39 is 0 Å². The molecule has 1 aliphatic carbocycles. The van der Waals surface area contributed by atoms with Crippen molar-refractivity contribution >= 4 is 33.4 Å². The highest BCUT2D eigenvalue weighted by Gasteiger charge is 2.25. The largest absolute Gasteiger partial charge is 0.330 e. The molecule has 1 heterocycles. The fraction of sp³-hybridized carbons (Fsp3) is 0.259. The normalized spacial score (nSPS) is 14.7. The van der Waals surface area contributed by atoms with Gasteiger partial charge in [0, 0.05) is 18.4 Å². The van der Waals surface area contributed by atoms with Crippen LogP contribution in [-0.4, -0.2) is 10.5 Å². The van der Waals surface area contributed by atoms with Crippen molar-refractivity contribution in [3.05, 3.63) is 77.0 Å². The number of rotatable bonds is 3. The molecule has 1 fully saturated rings. The van der Waals surface area contributed by atoms with Gasteiger partial charge in [-0.25, -0.2) is 0 Å². The third-order valence-electron chi connectivity index (χ3n) is 6.59. The molecule has 31 heavy (non-hydrogen) atoms. The van der Waals surface area contributed by atoms with Gasteiger partial charge in [-0.2, -0.15) is 0 Å². The second-order valence-electron chi connectivity index (χ2n) is 8.48. The van der Waals surface area contributed by atoms with Gasteiger partial charge < -0.3 is 9.88 Å². The highest BCUT2D eigenvalue weighted by Crippen LogP contribution is 2.34. The van der Waals surface area contributed by atoms with Crippen molar-refractivity contribution in [1.82, 2.24) is 4.57 Å². The van der Waals surface area contributed by atoms with Gasteiger partial charge in [0.15, 0.2) is 5.43 Å². The lowest BCUT2D eigenvalue weighted by Gasteiger charge is -2.24. The molecule has 3 aromatic carbocycles. The van der Waals surface area contributed by atoms with Gasteiger partial charge in [-0.15, -0.1) is 0 Å². The molecule has 4 aromatic rings. The zero-order chi connectivity index (χ0) is 21.4. The van der Waals surface area contributed by atoms with E-state index in [9.17, 15) is 9.59 Å². The maximum Gasteiger partial charge on any atom is 0.228 e. The van der Waals surface area contributed by atoms with Crippen LogP contribution in [0.3, 0.4) is 0 Å². The first-order valence-corrected chi connectivity index (χ1v) is 11.1. The Morgan fingerprint density at radius 3 is 2.35 bits per heavy atom. The molecule has 4 heteroatoms. The Labute approximate surface area is 181 Å². The van der Waals surface area contributed by atoms with Crippen LogP contribution in [0.15, 0.2) is 71.5 Å². The third kappa shape index (κ3) is 3.42. The minimum atomic E-state index is -0.0519. The average molecular weight is 411 g/mol. The Bertz CT molecular complexity index is 1340. The quantitative estimate of drug-likeness (QED) is 0.459. The zero-order valence-electron chi connectivity index (χ0n) is 17.7. The van der Waals surface area contributed by atoms with Crippen LogP contribution in [0.25, 0.3) is 32.8 Å². The van der Waals surface area contributed by atoms with Crippen molar-refractivity contribution in [2.75, 3.05) is 5.32 Å². The average Bonchev–Trinajstić information content (AvgIpc) is 2.83. The number of benzene rings is 3. The molecular formula is C27H26N2O2. The molecular weight excluding hydrogens is 384 g/mol. The molecule has 1 aliphatic rings. The molecule has 1 amide bonds. The summed E-state index contributed by atoms with van der Waals surface area (Å²) < 4.78 is 1.95. The van der Waals surface area contributed by atoms with E-state index in [1.165, 1.54) is 6.42 Å². The number of carbonyl (C=O) groups is 1. The Balaban J connectivity index is 1.76. The SMILES string of the molecule is Cn1c(NC(=O)C2CCCCC2)c(-c2cccc3ccccc23)c(=O)c2ccccc21. The molecule has 1 aromatic heterocycles. The molecule has 1 N–H and O–H groups in total. The van der Waals surface area contributed by atoms with Crippen LogP contribution in [-0.2, 0) is 11.8 Å². The molecule has 0 unspecified atom stereocenters. The fourth-order valence-corrected chi connectivity index (χ4v) is 4.91. The molecule has 5 rings (SSSR count). The Morgan fingerprint density at radius 2 is 1.55 bits per heavy atom. The smallest absolute Gasteiger partial charge is 0.228 e. The first-order chi connectivity index (χ1) is 15.1. The van der Waals surface area contributed by atoms with Crippen LogP contribution in [0.1, 0.15) is 32.1 Å². The minimum absolute atomic E-state index is 0.00990. The lowest BCUT2D eigenvalue weighted by molar-refractivity contribution is -0.120. The van der Waals surface area contributed by atoms with Crippen LogP contribution >= 0.6 is 0 Å². The van der Waals surface area contributed by atoms with Crippen molar-refractivity contribution < 1.29 is 4.79 Å². The summed E-state index contributed by atoms with van der Waals surface area (Å²) >= 11 is 0. The summed E-state index contributed by atoms with van der Waals surface area (Å²) in [7, 11) is 1.92. The van der Waals surface area contributed by atoms with E-state index in [1.807, 2.05) is 78.3 Å². The lowest BCUT2D eigenvalue weighted by Crippen LogP contribution is -2.28. The van der Waals surface area contributed by atoms with E-state index in [1.54, 1.807) is 0 Å². The monoisotopic (exact) mass is 410 g/mol. The van der Waals surface area contributed by atoms with E-state index in [2.05, 4.69) is 5.32 Å². The highest BCUT2D eigenvalue weighted by molar-refractivity contribution is 6.05. The summed E-state index contributed by atoms with van der Waals surface area (Å²) in [6.45, 7) is 0. The van der Waals surface area contributed by atoms with Crippen molar-refractivity contribution in [2.24, 2.45) is 13.0 Å². The minimum Gasteiger partial charge on any atom is -0.330 e. The Hall–Kier alpha value is -3.40. The number of nitrogens with zero attached hydrogens (tertiary/aromatic N) is 1. The van der Waals surface area contributed by atoms with Crippen molar-refractivity contribution in [1.29, 1.82) is 0 Å². The highest BCUT2D eigenvalue weighted by atomic mass is 16.2. The van der Waals surface area contributed by atoms with Gasteiger partial charge in [0.05, 0.1) is 11.1 Å². The maximum atomic E-state index is 13.7. The maximum absolute atomic E-state index is 13.7. The number of amides is 1. The third-order valence-corrected chi connectivity index (χ3v) is 6.59. The van der Waals surface area contributed by atoms with E-state index >= 15 is 0 Å². The van der Waals surface area contributed by atoms with E-state index in [0.29, 0.717) is 16.8 Å². The number of aromatic nitrogens is 1. The van der Waals surface area contributed by atoms with E-state index in [-0.39, 0.29) is 17.3 Å². The molecule has 0 bridgehead atoms.